The van der Waals surface area contributed by atoms with E-state index in [1.165, 1.54) is 16.7 Å². The lowest BCUT2D eigenvalue weighted by Gasteiger charge is -2.53. The number of piperidine rings is 1. The number of aliphatic hydroxyl groups is 1. The Morgan fingerprint density at radius 2 is 1.60 bits per heavy atom. The van der Waals surface area contributed by atoms with Gasteiger partial charge in [0, 0.05) is 25.0 Å². The zero-order valence-electron chi connectivity index (χ0n) is 15.6. The van der Waals surface area contributed by atoms with Gasteiger partial charge in [0.1, 0.15) is 0 Å². The third-order valence-corrected chi connectivity index (χ3v) is 6.53. The molecule has 3 atom stereocenters. The Kier molecular flexibility index (Phi) is 4.01. The summed E-state index contributed by atoms with van der Waals surface area (Å²) in [5.41, 5.74) is 3.55. The van der Waals surface area contributed by atoms with Gasteiger partial charge in [0.15, 0.2) is 0 Å². The van der Waals surface area contributed by atoms with E-state index >= 15 is 0 Å². The fourth-order valence-electron chi connectivity index (χ4n) is 4.68. The Hall–Kier alpha value is -1.64. The Balaban J connectivity index is 1.75. The fraction of sp³-hybridized carbons (Fsp3) is 0.478. The van der Waals surface area contributed by atoms with Gasteiger partial charge in [0.25, 0.3) is 0 Å². The van der Waals surface area contributed by atoms with Crippen LogP contribution in [0, 0.1) is 5.41 Å². The molecular weight excluding hydrogens is 306 g/mol. The topological polar surface area (TPSA) is 23.5 Å². The van der Waals surface area contributed by atoms with Gasteiger partial charge in [-0.15, -0.1) is 0 Å². The Bertz CT molecular complexity index is 748. The molecule has 0 aliphatic carbocycles. The number of rotatable bonds is 1. The Labute approximate surface area is 151 Å². The minimum atomic E-state index is -0.596. The molecule has 2 aliphatic rings. The highest BCUT2D eigenvalue weighted by Gasteiger charge is 2.48. The van der Waals surface area contributed by atoms with Crippen molar-refractivity contribution in [2.24, 2.45) is 5.41 Å². The molecule has 4 rings (SSSR count). The monoisotopic (exact) mass is 335 g/mol. The zero-order valence-corrected chi connectivity index (χ0v) is 15.6. The average molecular weight is 335 g/mol. The van der Waals surface area contributed by atoms with Gasteiger partial charge in [-0.1, -0.05) is 75.4 Å². The molecule has 0 saturated carbocycles. The number of benzene rings is 2. The Morgan fingerprint density at radius 1 is 0.960 bits per heavy atom. The largest absolute Gasteiger partial charge is 0.389 e. The van der Waals surface area contributed by atoms with Crippen LogP contribution in [0.15, 0.2) is 54.6 Å². The molecule has 25 heavy (non-hydrogen) atoms. The van der Waals surface area contributed by atoms with E-state index in [2.05, 4.69) is 80.3 Å². The third kappa shape index (κ3) is 2.82. The Morgan fingerprint density at radius 3 is 2.28 bits per heavy atom. The molecule has 0 amide bonds. The molecule has 2 aliphatic heterocycles. The first kappa shape index (κ1) is 16.8. The van der Waals surface area contributed by atoms with Crippen molar-refractivity contribution in [3.63, 3.8) is 0 Å². The van der Waals surface area contributed by atoms with Crippen LogP contribution in [0.1, 0.15) is 62.3 Å². The van der Waals surface area contributed by atoms with Crippen molar-refractivity contribution in [2.75, 3.05) is 13.1 Å². The van der Waals surface area contributed by atoms with E-state index in [0.29, 0.717) is 12.0 Å². The lowest BCUT2D eigenvalue weighted by Crippen LogP contribution is -2.54. The van der Waals surface area contributed by atoms with Gasteiger partial charge < -0.3 is 5.11 Å². The second-order valence-corrected chi connectivity index (χ2v) is 8.84. The highest BCUT2D eigenvalue weighted by Crippen LogP contribution is 2.50. The summed E-state index contributed by atoms with van der Waals surface area (Å²) in [6, 6.07) is 20.1. The van der Waals surface area contributed by atoms with Crippen LogP contribution in [0.5, 0.6) is 0 Å². The highest BCUT2D eigenvalue weighted by molar-refractivity contribution is 5.42. The van der Waals surface area contributed by atoms with Crippen LogP contribution in [-0.2, 0) is 0 Å². The maximum atomic E-state index is 11.3. The van der Waals surface area contributed by atoms with E-state index in [-0.39, 0.29) is 5.41 Å². The first-order valence-corrected chi connectivity index (χ1v) is 9.49. The van der Waals surface area contributed by atoms with Crippen LogP contribution < -0.4 is 0 Å². The fourth-order valence-corrected chi connectivity index (χ4v) is 4.68. The van der Waals surface area contributed by atoms with E-state index in [1.807, 2.05) is 0 Å². The summed E-state index contributed by atoms with van der Waals surface area (Å²) in [6.07, 6.45) is 1.69. The second-order valence-electron chi connectivity index (χ2n) is 8.84. The molecule has 0 unspecified atom stereocenters. The molecule has 2 nitrogen and oxygen atoms in total. The van der Waals surface area contributed by atoms with Crippen LogP contribution in [0.3, 0.4) is 0 Å². The second kappa shape index (κ2) is 5.96. The standard InChI is InChI=1S/C23H29NO/c1-22(2,3)23(25)13-14-24-16-20(17-9-5-4-6-10-17)18-11-7-8-12-19(18)21(24)15-23/h4-12,20-21,25H,13-16H2,1-3H3/t20-,21-,23-/m0/s1. The van der Waals surface area contributed by atoms with Crippen molar-refractivity contribution in [1.29, 1.82) is 0 Å². The molecule has 2 heteroatoms. The molecule has 2 heterocycles. The predicted octanol–water partition coefficient (Wildman–Crippen LogP) is 4.75. The van der Waals surface area contributed by atoms with Crippen molar-refractivity contribution < 1.29 is 5.11 Å². The van der Waals surface area contributed by atoms with Crippen LogP contribution in [0.4, 0.5) is 0 Å². The van der Waals surface area contributed by atoms with E-state index < -0.39 is 5.60 Å². The molecular formula is C23H29NO. The highest BCUT2D eigenvalue weighted by atomic mass is 16.3. The van der Waals surface area contributed by atoms with Crippen LogP contribution in [0.2, 0.25) is 0 Å². The van der Waals surface area contributed by atoms with Crippen molar-refractivity contribution in [2.45, 2.75) is 51.2 Å². The van der Waals surface area contributed by atoms with Gasteiger partial charge in [-0.05, 0) is 34.9 Å². The van der Waals surface area contributed by atoms with E-state index in [4.69, 9.17) is 0 Å². The number of hydrogen-bond donors (Lipinski definition) is 1. The zero-order chi connectivity index (χ0) is 17.7. The minimum absolute atomic E-state index is 0.0929. The third-order valence-electron chi connectivity index (χ3n) is 6.53. The summed E-state index contributed by atoms with van der Waals surface area (Å²) in [5.74, 6) is 0.425. The summed E-state index contributed by atoms with van der Waals surface area (Å²) in [5, 5.41) is 11.3. The molecule has 0 aromatic heterocycles. The summed E-state index contributed by atoms with van der Waals surface area (Å²) < 4.78 is 0. The first-order chi connectivity index (χ1) is 11.9. The number of nitrogens with zero attached hydrogens (tertiary/aromatic N) is 1. The molecule has 0 bridgehead atoms. The van der Waals surface area contributed by atoms with E-state index in [9.17, 15) is 5.11 Å². The lowest BCUT2D eigenvalue weighted by atomic mass is 9.66. The van der Waals surface area contributed by atoms with Crippen LogP contribution >= 0.6 is 0 Å². The molecule has 2 aromatic rings. The van der Waals surface area contributed by atoms with E-state index in [1.54, 1.807) is 0 Å². The smallest absolute Gasteiger partial charge is 0.0726 e. The number of hydrogen-bond acceptors (Lipinski definition) is 2. The van der Waals surface area contributed by atoms with Crippen LogP contribution in [0.25, 0.3) is 0 Å². The van der Waals surface area contributed by atoms with Gasteiger partial charge in [-0.2, -0.15) is 0 Å². The normalized spacial score (nSPS) is 29.8. The van der Waals surface area contributed by atoms with E-state index in [0.717, 1.165) is 25.9 Å². The molecule has 1 saturated heterocycles. The molecule has 2 aromatic carbocycles. The molecule has 0 radical (unpaired) electrons. The summed E-state index contributed by atoms with van der Waals surface area (Å²) >= 11 is 0. The van der Waals surface area contributed by atoms with Gasteiger partial charge in [0.05, 0.1) is 5.60 Å². The van der Waals surface area contributed by atoms with Gasteiger partial charge in [-0.3, -0.25) is 4.90 Å². The lowest BCUT2D eigenvalue weighted by molar-refractivity contribution is -0.119. The molecule has 132 valence electrons. The van der Waals surface area contributed by atoms with Crippen molar-refractivity contribution in [3.8, 4) is 0 Å². The minimum Gasteiger partial charge on any atom is -0.389 e. The SMILES string of the molecule is CC(C)(C)[C@]1(O)CCN2C[C@@H](c3ccccc3)c3ccccc3[C@@H]2C1. The van der Waals surface area contributed by atoms with Crippen molar-refractivity contribution in [3.05, 3.63) is 71.3 Å². The molecule has 1 fully saturated rings. The van der Waals surface area contributed by atoms with Gasteiger partial charge in [0.2, 0.25) is 0 Å². The predicted molar refractivity (Wildman–Crippen MR) is 103 cm³/mol. The average Bonchev–Trinajstić information content (AvgIpc) is 2.61. The molecule has 1 N–H and O–H groups in total. The van der Waals surface area contributed by atoms with Gasteiger partial charge in [-0.25, -0.2) is 0 Å². The maximum Gasteiger partial charge on any atom is 0.0726 e. The van der Waals surface area contributed by atoms with Gasteiger partial charge >= 0.3 is 0 Å². The summed E-state index contributed by atoms with van der Waals surface area (Å²) in [7, 11) is 0. The summed E-state index contributed by atoms with van der Waals surface area (Å²) in [6.45, 7) is 8.53. The van der Waals surface area contributed by atoms with Crippen molar-refractivity contribution >= 4 is 0 Å². The first-order valence-electron chi connectivity index (χ1n) is 9.49. The molecule has 0 spiro atoms. The summed E-state index contributed by atoms with van der Waals surface area (Å²) in [4.78, 5) is 2.60. The maximum absolute atomic E-state index is 11.3. The van der Waals surface area contributed by atoms with Crippen LogP contribution in [-0.4, -0.2) is 28.7 Å². The number of fused-ring (bicyclic) bond motifs is 3. The quantitative estimate of drug-likeness (QED) is 0.813. The van der Waals surface area contributed by atoms with Crippen molar-refractivity contribution in [1.82, 2.24) is 4.90 Å².